The Hall–Kier alpha value is -2.94. The molecule has 1 N–H and O–H groups in total. The van der Waals surface area contributed by atoms with Crippen LogP contribution in [-0.2, 0) is 9.47 Å². The first-order valence-corrected chi connectivity index (χ1v) is 13.7. The van der Waals surface area contributed by atoms with Crippen molar-refractivity contribution < 1.29 is 23.3 Å². The molecule has 0 bridgehead atoms. The van der Waals surface area contributed by atoms with E-state index in [-0.39, 0.29) is 23.5 Å². The molecule has 1 aliphatic carbocycles. The van der Waals surface area contributed by atoms with Gasteiger partial charge in [0.05, 0.1) is 18.4 Å². The van der Waals surface area contributed by atoms with Gasteiger partial charge in [-0.3, -0.25) is 9.36 Å². The van der Waals surface area contributed by atoms with Gasteiger partial charge in [-0.05, 0) is 80.3 Å². The van der Waals surface area contributed by atoms with E-state index in [4.69, 9.17) is 18.9 Å². The minimum Gasteiger partial charge on any atom is -0.491 e. The van der Waals surface area contributed by atoms with Gasteiger partial charge in [0.1, 0.15) is 18.5 Å². The zero-order valence-electron chi connectivity index (χ0n) is 22.0. The molecular weight excluding hydrogens is 487 g/mol. The van der Waals surface area contributed by atoms with Crippen molar-refractivity contribution in [2.24, 2.45) is 0 Å². The second-order valence-corrected chi connectivity index (χ2v) is 10.2. The maximum atomic E-state index is 15.2. The fraction of sp³-hybridized carbons (Fsp3) is 0.500. The van der Waals surface area contributed by atoms with E-state index in [1.54, 1.807) is 37.6 Å². The van der Waals surface area contributed by atoms with Crippen LogP contribution >= 0.6 is 0 Å². The number of rotatable bonds is 10. The van der Waals surface area contributed by atoms with Gasteiger partial charge in [0.15, 0.2) is 11.6 Å². The van der Waals surface area contributed by atoms with Crippen LogP contribution in [0.4, 0.5) is 4.39 Å². The fourth-order valence-corrected chi connectivity index (χ4v) is 5.37. The lowest BCUT2D eigenvalue weighted by Gasteiger charge is -2.23. The Balaban J connectivity index is 1.27. The van der Waals surface area contributed by atoms with Gasteiger partial charge in [0, 0.05) is 44.0 Å². The first-order chi connectivity index (χ1) is 18.6. The minimum atomic E-state index is -0.472. The molecule has 1 aliphatic heterocycles. The second kappa shape index (κ2) is 12.7. The van der Waals surface area contributed by atoms with E-state index < -0.39 is 5.82 Å². The van der Waals surface area contributed by atoms with Crippen LogP contribution in [0.2, 0.25) is 0 Å². The zero-order valence-corrected chi connectivity index (χ0v) is 22.0. The number of benzene rings is 2. The molecule has 5 rings (SSSR count). The molecule has 7 nitrogen and oxygen atoms in total. The molecule has 0 radical (unpaired) electrons. The van der Waals surface area contributed by atoms with E-state index in [1.165, 1.54) is 10.6 Å². The summed E-state index contributed by atoms with van der Waals surface area (Å²) < 4.78 is 39.3. The normalized spacial score (nSPS) is 21.9. The van der Waals surface area contributed by atoms with Gasteiger partial charge in [-0.15, -0.1) is 0 Å². The third kappa shape index (κ3) is 6.54. The summed E-state index contributed by atoms with van der Waals surface area (Å²) >= 11 is 0. The molecule has 0 amide bonds. The molecule has 2 fully saturated rings. The van der Waals surface area contributed by atoms with E-state index in [2.05, 4.69) is 5.32 Å². The Morgan fingerprint density at radius 1 is 1.08 bits per heavy atom. The Labute approximate surface area is 222 Å². The number of pyridine rings is 1. The summed E-state index contributed by atoms with van der Waals surface area (Å²) in [6.07, 6.45) is 8.80. The number of ether oxygens (including phenoxy) is 4. The second-order valence-electron chi connectivity index (χ2n) is 10.2. The quantitative estimate of drug-likeness (QED) is 0.297. The van der Waals surface area contributed by atoms with Gasteiger partial charge in [0.25, 0.3) is 5.56 Å². The molecule has 204 valence electrons. The Kier molecular flexibility index (Phi) is 8.94. The van der Waals surface area contributed by atoms with Crippen molar-refractivity contribution in [1.29, 1.82) is 0 Å². The molecule has 1 saturated heterocycles. The summed E-state index contributed by atoms with van der Waals surface area (Å²) in [5, 5.41) is 4.84. The van der Waals surface area contributed by atoms with Crippen molar-refractivity contribution >= 4 is 10.8 Å². The lowest BCUT2D eigenvalue weighted by Crippen LogP contribution is -2.35. The molecule has 1 aromatic heterocycles. The maximum Gasteiger partial charge on any atom is 0.262 e. The summed E-state index contributed by atoms with van der Waals surface area (Å²) in [5.41, 5.74) is 0.246. The number of fused-ring (bicyclic) bond motifs is 1. The van der Waals surface area contributed by atoms with Gasteiger partial charge >= 0.3 is 0 Å². The molecule has 2 aliphatic rings. The van der Waals surface area contributed by atoms with E-state index in [0.29, 0.717) is 36.1 Å². The third-order valence-electron chi connectivity index (χ3n) is 7.44. The maximum absolute atomic E-state index is 15.2. The highest BCUT2D eigenvalue weighted by Gasteiger charge is 2.22. The molecule has 1 unspecified atom stereocenters. The average Bonchev–Trinajstić information content (AvgIpc) is 3.35. The number of nitrogens with zero attached hydrogens (tertiary/aromatic N) is 1. The lowest BCUT2D eigenvalue weighted by molar-refractivity contribution is 0.0680. The lowest BCUT2D eigenvalue weighted by atomic mass is 10.1. The van der Waals surface area contributed by atoms with Gasteiger partial charge < -0.3 is 24.3 Å². The molecule has 8 heteroatoms. The van der Waals surface area contributed by atoms with E-state index in [9.17, 15) is 4.79 Å². The fourth-order valence-electron chi connectivity index (χ4n) is 5.37. The van der Waals surface area contributed by atoms with Gasteiger partial charge in [-0.1, -0.05) is 6.42 Å². The monoisotopic (exact) mass is 524 g/mol. The third-order valence-corrected chi connectivity index (χ3v) is 7.44. The van der Waals surface area contributed by atoms with Crippen molar-refractivity contribution in [2.75, 3.05) is 33.5 Å². The number of methoxy groups -OCH3 is 1. The molecule has 3 atom stereocenters. The molecule has 0 spiro atoms. The molecule has 2 heterocycles. The highest BCUT2D eigenvalue weighted by atomic mass is 19.1. The zero-order chi connectivity index (χ0) is 26.3. The van der Waals surface area contributed by atoms with Crippen molar-refractivity contribution in [3.63, 3.8) is 0 Å². The summed E-state index contributed by atoms with van der Waals surface area (Å²) in [7, 11) is 1.69. The first-order valence-electron chi connectivity index (χ1n) is 13.7. The van der Waals surface area contributed by atoms with Crippen LogP contribution in [0.25, 0.3) is 16.5 Å². The minimum absolute atomic E-state index is 0.0575. The first kappa shape index (κ1) is 26.7. The average molecular weight is 525 g/mol. The number of hydrogen-bond donors (Lipinski definition) is 1. The van der Waals surface area contributed by atoms with Crippen LogP contribution in [0.5, 0.6) is 11.5 Å². The topological polar surface area (TPSA) is 71.0 Å². The van der Waals surface area contributed by atoms with Crippen LogP contribution in [0.1, 0.15) is 44.9 Å². The Morgan fingerprint density at radius 2 is 1.97 bits per heavy atom. The van der Waals surface area contributed by atoms with Crippen molar-refractivity contribution in [1.82, 2.24) is 9.88 Å². The van der Waals surface area contributed by atoms with Gasteiger partial charge in [-0.2, -0.15) is 0 Å². The molecule has 1 saturated carbocycles. The predicted molar refractivity (Wildman–Crippen MR) is 145 cm³/mol. The van der Waals surface area contributed by atoms with Crippen molar-refractivity contribution in [2.45, 2.75) is 63.2 Å². The van der Waals surface area contributed by atoms with Crippen LogP contribution in [0.15, 0.2) is 53.5 Å². The molecule has 38 heavy (non-hydrogen) atoms. The largest absolute Gasteiger partial charge is 0.491 e. The van der Waals surface area contributed by atoms with E-state index in [1.807, 2.05) is 12.1 Å². The highest BCUT2D eigenvalue weighted by molar-refractivity contribution is 5.83. The SMILES string of the molecule is COCCNC1CCCC[C@H](Oc2ccc(-n3ccc4cc(OC[C@H]5CCCO5)ccc4c3=O)cc2F)C1. The van der Waals surface area contributed by atoms with Crippen molar-refractivity contribution in [3.8, 4) is 17.2 Å². The molecule has 2 aromatic carbocycles. The standard InChI is InChI=1S/C30H37FN2O5/c1-35-16-13-32-22-5-2-3-6-25(18-22)38-29-11-8-23(19-28(29)31)33-14-12-21-17-24(9-10-27(21)30(33)34)37-20-26-7-4-15-36-26/h8-12,14,17,19,22,25-26,32H,2-7,13,15-16,18,20H2,1H3/t22?,25-,26+/m0/s1. The van der Waals surface area contributed by atoms with E-state index in [0.717, 1.165) is 63.5 Å². The highest BCUT2D eigenvalue weighted by Crippen LogP contribution is 2.27. The molecular formula is C30H37FN2O5. The van der Waals surface area contributed by atoms with E-state index >= 15 is 4.39 Å². The predicted octanol–water partition coefficient (Wildman–Crippen LogP) is 5.00. The summed E-state index contributed by atoms with van der Waals surface area (Å²) in [6.45, 7) is 2.74. The summed E-state index contributed by atoms with van der Waals surface area (Å²) in [4.78, 5) is 13.2. The number of aromatic nitrogens is 1. The smallest absolute Gasteiger partial charge is 0.262 e. The van der Waals surface area contributed by atoms with Crippen LogP contribution in [-0.4, -0.2) is 56.3 Å². The molecule has 3 aromatic rings. The van der Waals surface area contributed by atoms with Gasteiger partial charge in [0.2, 0.25) is 0 Å². The van der Waals surface area contributed by atoms with Crippen LogP contribution in [0.3, 0.4) is 0 Å². The number of hydrogen-bond acceptors (Lipinski definition) is 6. The summed E-state index contributed by atoms with van der Waals surface area (Å²) in [6, 6.07) is 12.3. The van der Waals surface area contributed by atoms with Crippen LogP contribution in [0, 0.1) is 5.82 Å². The summed E-state index contributed by atoms with van der Waals surface area (Å²) in [5.74, 6) is 0.450. The van der Waals surface area contributed by atoms with Crippen molar-refractivity contribution in [3.05, 3.63) is 64.8 Å². The van der Waals surface area contributed by atoms with Crippen LogP contribution < -0.4 is 20.3 Å². The van der Waals surface area contributed by atoms with Gasteiger partial charge in [-0.25, -0.2) is 4.39 Å². The number of halogens is 1. The Bertz CT molecular complexity index is 1270. The Morgan fingerprint density at radius 3 is 2.79 bits per heavy atom. The number of nitrogens with one attached hydrogen (secondary N) is 1.